The van der Waals surface area contributed by atoms with Crippen molar-refractivity contribution in [3.05, 3.63) is 53.3 Å². The molecule has 0 unspecified atom stereocenters. The molecule has 0 atom stereocenters. The van der Waals surface area contributed by atoms with Crippen molar-refractivity contribution in [3.8, 4) is 23.0 Å². The Kier molecular flexibility index (Phi) is 5.03. The molecule has 0 radical (unpaired) electrons. The van der Waals surface area contributed by atoms with Crippen LogP contribution >= 0.6 is 0 Å². The van der Waals surface area contributed by atoms with Crippen molar-refractivity contribution >= 4 is 18.0 Å². The minimum atomic E-state index is -0.517. The van der Waals surface area contributed by atoms with Gasteiger partial charge in [-0.2, -0.15) is 0 Å². The Labute approximate surface area is 156 Å². The fourth-order valence-corrected chi connectivity index (χ4v) is 2.52. The summed E-state index contributed by atoms with van der Waals surface area (Å²) in [6.07, 6.45) is 1.08. The summed E-state index contributed by atoms with van der Waals surface area (Å²) < 4.78 is 21.4. The van der Waals surface area contributed by atoms with Crippen molar-refractivity contribution in [1.29, 1.82) is 0 Å². The summed E-state index contributed by atoms with van der Waals surface area (Å²) in [4.78, 5) is 25.6. The number of nitrogens with zero attached hydrogens (tertiary/aromatic N) is 1. The van der Waals surface area contributed by atoms with Gasteiger partial charge in [0.25, 0.3) is 0 Å². The van der Waals surface area contributed by atoms with E-state index in [0.717, 1.165) is 0 Å². The van der Waals surface area contributed by atoms with Crippen LogP contribution in [0.15, 0.2) is 42.2 Å². The molecule has 0 spiro atoms. The third-order valence-electron chi connectivity index (χ3n) is 3.94. The lowest BCUT2D eigenvalue weighted by Crippen LogP contribution is -2.25. The lowest BCUT2D eigenvalue weighted by molar-refractivity contribution is 0.101. The molecule has 0 aliphatic carbocycles. The van der Waals surface area contributed by atoms with E-state index in [2.05, 4.69) is 0 Å². The smallest absolute Gasteiger partial charge is 0.414 e. The van der Waals surface area contributed by atoms with Crippen LogP contribution in [0.5, 0.6) is 23.0 Å². The van der Waals surface area contributed by atoms with Gasteiger partial charge in [-0.3, -0.25) is 4.79 Å². The van der Waals surface area contributed by atoms with Gasteiger partial charge in [-0.05, 0) is 36.4 Å². The Morgan fingerprint density at radius 2 is 1.78 bits per heavy atom. The van der Waals surface area contributed by atoms with Crippen LogP contribution in [0, 0.1) is 0 Å². The second-order valence-electron chi connectivity index (χ2n) is 5.97. The Balaban J connectivity index is 1.90. The number of carbonyl (C=O) groups excluding carboxylic acids is 2. The van der Waals surface area contributed by atoms with Gasteiger partial charge in [-0.25, -0.2) is 4.79 Å². The normalized spacial score (nSPS) is 13.8. The molecule has 2 aromatic rings. The van der Waals surface area contributed by atoms with E-state index in [0.29, 0.717) is 34.1 Å². The Morgan fingerprint density at radius 3 is 2.44 bits per heavy atom. The molecule has 1 heterocycles. The van der Waals surface area contributed by atoms with E-state index in [1.54, 1.807) is 64.7 Å². The second kappa shape index (κ2) is 7.41. The monoisotopic (exact) mass is 369 g/mol. The average Bonchev–Trinajstić information content (AvgIpc) is 2.96. The molecule has 1 aliphatic heterocycles. The first-order chi connectivity index (χ1) is 12.9. The summed E-state index contributed by atoms with van der Waals surface area (Å²) in [7, 11) is 6.26. The average molecular weight is 369 g/mol. The van der Waals surface area contributed by atoms with E-state index in [1.165, 1.54) is 11.0 Å². The summed E-state index contributed by atoms with van der Waals surface area (Å²) in [5.74, 6) is 1.71. The fraction of sp³-hybridized carbons (Fsp3) is 0.200. The highest BCUT2D eigenvalue weighted by Crippen LogP contribution is 2.36. The Morgan fingerprint density at radius 1 is 1.04 bits per heavy atom. The molecule has 0 N–H and O–H groups in total. The number of fused-ring (bicyclic) bond motifs is 1. The number of hydrogen-bond donors (Lipinski definition) is 0. The molecule has 140 valence electrons. The third kappa shape index (κ3) is 3.72. The fourth-order valence-electron chi connectivity index (χ4n) is 2.52. The van der Waals surface area contributed by atoms with E-state index in [9.17, 15) is 9.59 Å². The van der Waals surface area contributed by atoms with E-state index < -0.39 is 6.09 Å². The Hall–Kier alpha value is -3.48. The quantitative estimate of drug-likeness (QED) is 0.769. The second-order valence-corrected chi connectivity index (χ2v) is 5.97. The number of carbonyl (C=O) groups is 2. The maximum atomic E-state index is 12.6. The highest BCUT2D eigenvalue weighted by molar-refractivity contribution is 6.14. The number of methoxy groups -OCH3 is 2. The van der Waals surface area contributed by atoms with Crippen LogP contribution in [0.25, 0.3) is 6.08 Å². The van der Waals surface area contributed by atoms with Crippen LogP contribution in [0.4, 0.5) is 4.79 Å². The number of amides is 1. The molecule has 3 rings (SSSR count). The van der Waals surface area contributed by atoms with E-state index >= 15 is 0 Å². The van der Waals surface area contributed by atoms with Crippen molar-refractivity contribution in [3.63, 3.8) is 0 Å². The largest absolute Gasteiger partial charge is 0.497 e. The van der Waals surface area contributed by atoms with Gasteiger partial charge in [0.15, 0.2) is 5.76 Å². The first-order valence-corrected chi connectivity index (χ1v) is 8.12. The molecule has 0 aromatic heterocycles. The van der Waals surface area contributed by atoms with Gasteiger partial charge in [-0.15, -0.1) is 0 Å². The van der Waals surface area contributed by atoms with Gasteiger partial charge in [0.1, 0.15) is 23.0 Å². The van der Waals surface area contributed by atoms with Crippen LogP contribution in [0.1, 0.15) is 15.9 Å². The van der Waals surface area contributed by atoms with E-state index in [-0.39, 0.29) is 11.5 Å². The highest BCUT2D eigenvalue weighted by Gasteiger charge is 2.28. The third-order valence-corrected chi connectivity index (χ3v) is 3.94. The van der Waals surface area contributed by atoms with Crippen LogP contribution < -0.4 is 18.9 Å². The molecule has 1 amide bonds. The number of hydrogen-bond acceptors (Lipinski definition) is 6. The van der Waals surface area contributed by atoms with Crippen LogP contribution in [0.3, 0.4) is 0 Å². The Bertz CT molecular complexity index is 932. The van der Waals surface area contributed by atoms with Gasteiger partial charge >= 0.3 is 6.09 Å². The number of rotatable bonds is 4. The van der Waals surface area contributed by atoms with Crippen LogP contribution in [-0.2, 0) is 0 Å². The predicted octanol–water partition coefficient (Wildman–Crippen LogP) is 3.38. The molecular weight excluding hydrogens is 350 g/mol. The van der Waals surface area contributed by atoms with Gasteiger partial charge in [-0.1, -0.05) is 0 Å². The molecular formula is C20H19NO6. The molecule has 7 heteroatoms. The summed E-state index contributed by atoms with van der Waals surface area (Å²) in [6.45, 7) is 0. The molecule has 1 aliphatic rings. The SMILES string of the molecule is COc1ccc(OC)c(C=C2Oc3cc(OC(=O)N(C)C)ccc3C2=O)c1. The van der Waals surface area contributed by atoms with E-state index in [1.807, 2.05) is 0 Å². The van der Waals surface area contributed by atoms with Crippen LogP contribution in [-0.4, -0.2) is 45.1 Å². The zero-order valence-corrected chi connectivity index (χ0v) is 15.4. The van der Waals surface area contributed by atoms with E-state index in [4.69, 9.17) is 18.9 Å². The lowest BCUT2D eigenvalue weighted by Gasteiger charge is -2.10. The van der Waals surface area contributed by atoms with Gasteiger partial charge < -0.3 is 23.8 Å². The number of ether oxygens (including phenoxy) is 4. The number of benzene rings is 2. The molecule has 0 bridgehead atoms. The van der Waals surface area contributed by atoms with Crippen molar-refractivity contribution in [2.75, 3.05) is 28.3 Å². The van der Waals surface area contributed by atoms with Crippen molar-refractivity contribution in [1.82, 2.24) is 4.90 Å². The lowest BCUT2D eigenvalue weighted by atomic mass is 10.1. The zero-order valence-electron chi connectivity index (χ0n) is 15.4. The molecule has 7 nitrogen and oxygen atoms in total. The number of ketones is 1. The molecule has 0 saturated carbocycles. The first kappa shape index (κ1) is 18.3. The minimum absolute atomic E-state index is 0.146. The molecule has 0 fully saturated rings. The van der Waals surface area contributed by atoms with Crippen LogP contribution in [0.2, 0.25) is 0 Å². The van der Waals surface area contributed by atoms with Crippen molar-refractivity contribution in [2.45, 2.75) is 0 Å². The summed E-state index contributed by atoms with van der Waals surface area (Å²) in [5, 5.41) is 0. The van der Waals surface area contributed by atoms with Gasteiger partial charge in [0.2, 0.25) is 5.78 Å². The summed E-state index contributed by atoms with van der Waals surface area (Å²) in [6, 6.07) is 9.89. The first-order valence-electron chi connectivity index (χ1n) is 8.12. The highest BCUT2D eigenvalue weighted by atomic mass is 16.6. The minimum Gasteiger partial charge on any atom is -0.497 e. The zero-order chi connectivity index (χ0) is 19.6. The standard InChI is InChI=1S/C20H19NO6/c1-21(2)20(23)26-14-5-7-15-17(11-14)27-18(19(15)22)10-12-9-13(24-3)6-8-16(12)25-4/h5-11H,1-4H3. The van der Waals surface area contributed by atoms with Crippen molar-refractivity contribution in [2.24, 2.45) is 0 Å². The van der Waals surface area contributed by atoms with Gasteiger partial charge in [0.05, 0.1) is 19.8 Å². The number of Topliss-reactive ketones (excluding diaryl/α,β-unsaturated/α-hetero) is 1. The van der Waals surface area contributed by atoms with Gasteiger partial charge in [0, 0.05) is 25.7 Å². The molecule has 0 saturated heterocycles. The summed E-state index contributed by atoms with van der Waals surface area (Å²) >= 11 is 0. The molecule has 27 heavy (non-hydrogen) atoms. The molecule has 2 aromatic carbocycles. The topological polar surface area (TPSA) is 74.3 Å². The summed E-state index contributed by atoms with van der Waals surface area (Å²) in [5.41, 5.74) is 1.04. The predicted molar refractivity (Wildman–Crippen MR) is 98.6 cm³/mol. The maximum Gasteiger partial charge on any atom is 0.414 e. The maximum absolute atomic E-state index is 12.6. The van der Waals surface area contributed by atoms with Crippen molar-refractivity contribution < 1.29 is 28.5 Å². The number of allylic oxidation sites excluding steroid dienone is 1.